The third kappa shape index (κ3) is 4.55. The SMILES string of the molecule is CCN(CC)S(=O)(=O)c1ccc(N2CCOCC2)c(NC(=O)C(C)C)c1. The quantitative estimate of drug-likeness (QED) is 0.780. The van der Waals surface area contributed by atoms with Crippen molar-refractivity contribution in [2.45, 2.75) is 32.6 Å². The van der Waals surface area contributed by atoms with E-state index in [-0.39, 0.29) is 16.7 Å². The van der Waals surface area contributed by atoms with Crippen LogP contribution in [0.5, 0.6) is 0 Å². The smallest absolute Gasteiger partial charge is 0.243 e. The van der Waals surface area contributed by atoms with Crippen LogP contribution in [0.2, 0.25) is 0 Å². The minimum Gasteiger partial charge on any atom is -0.378 e. The molecule has 2 rings (SSSR count). The number of ether oxygens (including phenoxy) is 1. The van der Waals surface area contributed by atoms with Gasteiger partial charge in [-0.3, -0.25) is 4.79 Å². The number of amides is 1. The molecule has 1 heterocycles. The van der Waals surface area contributed by atoms with Crippen LogP contribution in [0, 0.1) is 5.92 Å². The Kier molecular flexibility index (Phi) is 7.02. The van der Waals surface area contributed by atoms with E-state index >= 15 is 0 Å². The molecule has 0 atom stereocenters. The first-order valence-corrected chi connectivity index (χ1v) is 10.5. The van der Waals surface area contributed by atoms with Gasteiger partial charge in [-0.1, -0.05) is 27.7 Å². The molecule has 0 aliphatic carbocycles. The Morgan fingerprint density at radius 3 is 2.38 bits per heavy atom. The van der Waals surface area contributed by atoms with Crippen molar-refractivity contribution in [2.24, 2.45) is 5.92 Å². The van der Waals surface area contributed by atoms with E-state index in [0.29, 0.717) is 45.1 Å². The lowest BCUT2D eigenvalue weighted by Gasteiger charge is -2.31. The van der Waals surface area contributed by atoms with Crippen LogP contribution in [-0.4, -0.2) is 58.0 Å². The number of hydrogen-bond acceptors (Lipinski definition) is 5. The fourth-order valence-electron chi connectivity index (χ4n) is 2.85. The van der Waals surface area contributed by atoms with Crippen LogP contribution in [-0.2, 0) is 19.6 Å². The van der Waals surface area contributed by atoms with Gasteiger partial charge >= 0.3 is 0 Å². The van der Waals surface area contributed by atoms with Crippen LogP contribution in [0.3, 0.4) is 0 Å². The molecule has 8 heteroatoms. The number of carbonyl (C=O) groups is 1. The molecular weight excluding hydrogens is 354 g/mol. The number of sulfonamides is 1. The van der Waals surface area contributed by atoms with Gasteiger partial charge in [0.1, 0.15) is 0 Å². The first-order chi connectivity index (χ1) is 12.3. The fraction of sp³-hybridized carbons (Fsp3) is 0.611. The molecule has 1 saturated heterocycles. The summed E-state index contributed by atoms with van der Waals surface area (Å²) >= 11 is 0. The molecule has 26 heavy (non-hydrogen) atoms. The number of nitrogens with zero attached hydrogens (tertiary/aromatic N) is 2. The zero-order chi connectivity index (χ0) is 19.3. The molecule has 146 valence electrons. The van der Waals surface area contributed by atoms with E-state index in [1.54, 1.807) is 32.0 Å². The molecule has 0 bridgehead atoms. The predicted octanol–water partition coefficient (Wildman–Crippen LogP) is 2.15. The van der Waals surface area contributed by atoms with E-state index in [2.05, 4.69) is 10.2 Å². The van der Waals surface area contributed by atoms with Gasteiger partial charge in [0.2, 0.25) is 15.9 Å². The molecular formula is C18H29N3O4S. The molecule has 1 aromatic carbocycles. The molecule has 0 spiro atoms. The third-order valence-corrected chi connectivity index (χ3v) is 6.49. The molecule has 1 aliphatic rings. The second-order valence-electron chi connectivity index (χ2n) is 6.51. The van der Waals surface area contributed by atoms with Gasteiger partial charge in [-0.25, -0.2) is 8.42 Å². The summed E-state index contributed by atoms with van der Waals surface area (Å²) in [4.78, 5) is 14.5. The van der Waals surface area contributed by atoms with Gasteiger partial charge in [-0.05, 0) is 18.2 Å². The summed E-state index contributed by atoms with van der Waals surface area (Å²) in [5, 5.41) is 2.89. The first kappa shape index (κ1) is 20.7. The number of benzene rings is 1. The van der Waals surface area contributed by atoms with Gasteiger partial charge in [0.15, 0.2) is 0 Å². The van der Waals surface area contributed by atoms with Crippen LogP contribution >= 0.6 is 0 Å². The monoisotopic (exact) mass is 383 g/mol. The zero-order valence-electron chi connectivity index (χ0n) is 16.0. The highest BCUT2D eigenvalue weighted by atomic mass is 32.2. The number of hydrogen-bond donors (Lipinski definition) is 1. The van der Waals surface area contributed by atoms with Crippen molar-refractivity contribution in [3.05, 3.63) is 18.2 Å². The van der Waals surface area contributed by atoms with E-state index in [9.17, 15) is 13.2 Å². The predicted molar refractivity (Wildman–Crippen MR) is 103 cm³/mol. The number of anilines is 2. The molecule has 0 aromatic heterocycles. The minimum atomic E-state index is -3.59. The van der Waals surface area contributed by atoms with Crippen molar-refractivity contribution >= 4 is 27.3 Å². The Morgan fingerprint density at radius 2 is 1.85 bits per heavy atom. The molecule has 1 N–H and O–H groups in total. The second-order valence-corrected chi connectivity index (χ2v) is 8.45. The maximum absolute atomic E-state index is 12.8. The molecule has 1 aliphatic heterocycles. The maximum atomic E-state index is 12.8. The number of rotatable bonds is 7. The Morgan fingerprint density at radius 1 is 1.23 bits per heavy atom. The topological polar surface area (TPSA) is 79.0 Å². The Bertz CT molecular complexity index is 724. The normalized spacial score (nSPS) is 15.5. The van der Waals surface area contributed by atoms with Crippen LogP contribution in [0.4, 0.5) is 11.4 Å². The Hall–Kier alpha value is -1.64. The lowest BCUT2D eigenvalue weighted by molar-refractivity contribution is -0.118. The van der Waals surface area contributed by atoms with Crippen molar-refractivity contribution in [3.8, 4) is 0 Å². The lowest BCUT2D eigenvalue weighted by atomic mass is 10.2. The van der Waals surface area contributed by atoms with Crippen LogP contribution in [0.25, 0.3) is 0 Å². The highest BCUT2D eigenvalue weighted by molar-refractivity contribution is 7.89. The van der Waals surface area contributed by atoms with Gasteiger partial charge in [-0.2, -0.15) is 4.31 Å². The van der Waals surface area contributed by atoms with Crippen molar-refractivity contribution in [3.63, 3.8) is 0 Å². The highest BCUT2D eigenvalue weighted by Gasteiger charge is 2.25. The first-order valence-electron chi connectivity index (χ1n) is 9.09. The van der Waals surface area contributed by atoms with Gasteiger partial charge < -0.3 is 15.0 Å². The summed E-state index contributed by atoms with van der Waals surface area (Å²) in [5.74, 6) is -0.340. The second kappa shape index (κ2) is 8.83. The van der Waals surface area contributed by atoms with Crippen LogP contribution in [0.1, 0.15) is 27.7 Å². The average molecular weight is 384 g/mol. The Labute approximate surface area is 156 Å². The van der Waals surface area contributed by atoms with E-state index in [1.165, 1.54) is 4.31 Å². The van der Waals surface area contributed by atoms with Gasteiger partial charge in [0, 0.05) is 32.1 Å². The Balaban J connectivity index is 2.45. The highest BCUT2D eigenvalue weighted by Crippen LogP contribution is 2.31. The summed E-state index contributed by atoms with van der Waals surface area (Å²) in [5.41, 5.74) is 1.35. The zero-order valence-corrected chi connectivity index (χ0v) is 16.8. The third-order valence-electron chi connectivity index (χ3n) is 4.45. The summed E-state index contributed by atoms with van der Waals surface area (Å²) in [6.45, 7) is 10.7. The number of morpholine rings is 1. The van der Waals surface area contributed by atoms with Gasteiger partial charge in [-0.15, -0.1) is 0 Å². The number of nitrogens with one attached hydrogen (secondary N) is 1. The van der Waals surface area contributed by atoms with Crippen molar-refractivity contribution in [2.75, 3.05) is 49.6 Å². The summed E-state index contributed by atoms with van der Waals surface area (Å²) < 4.78 is 32.5. The molecule has 7 nitrogen and oxygen atoms in total. The molecule has 1 aromatic rings. The van der Waals surface area contributed by atoms with Gasteiger partial charge in [0.25, 0.3) is 0 Å². The molecule has 0 saturated carbocycles. The van der Waals surface area contributed by atoms with Crippen molar-refractivity contribution in [1.82, 2.24) is 4.31 Å². The van der Waals surface area contributed by atoms with E-state index in [0.717, 1.165) is 5.69 Å². The summed E-state index contributed by atoms with van der Waals surface area (Å²) in [6, 6.07) is 4.96. The average Bonchev–Trinajstić information content (AvgIpc) is 2.63. The number of carbonyl (C=O) groups excluding carboxylic acids is 1. The van der Waals surface area contributed by atoms with Crippen molar-refractivity contribution < 1.29 is 17.9 Å². The minimum absolute atomic E-state index is 0.142. The van der Waals surface area contributed by atoms with E-state index in [1.807, 2.05) is 13.8 Å². The van der Waals surface area contributed by atoms with E-state index < -0.39 is 10.0 Å². The standard InChI is InChI=1S/C18H29N3O4S/c1-5-21(6-2)26(23,24)15-7-8-17(20-9-11-25-12-10-20)16(13-15)19-18(22)14(3)4/h7-8,13-14H,5-6,9-12H2,1-4H3,(H,19,22). The van der Waals surface area contributed by atoms with Crippen LogP contribution in [0.15, 0.2) is 23.1 Å². The molecule has 1 fully saturated rings. The lowest BCUT2D eigenvalue weighted by Crippen LogP contribution is -2.37. The van der Waals surface area contributed by atoms with Gasteiger partial charge in [0.05, 0.1) is 29.5 Å². The largest absolute Gasteiger partial charge is 0.378 e. The molecule has 0 radical (unpaired) electrons. The maximum Gasteiger partial charge on any atom is 0.243 e. The molecule has 0 unspecified atom stereocenters. The van der Waals surface area contributed by atoms with E-state index in [4.69, 9.17) is 4.74 Å². The summed E-state index contributed by atoms with van der Waals surface area (Å²) in [7, 11) is -3.59. The fourth-order valence-corrected chi connectivity index (χ4v) is 4.33. The molecule has 1 amide bonds. The summed E-state index contributed by atoms with van der Waals surface area (Å²) in [6.07, 6.45) is 0. The van der Waals surface area contributed by atoms with Crippen molar-refractivity contribution in [1.29, 1.82) is 0 Å². The van der Waals surface area contributed by atoms with Crippen LogP contribution < -0.4 is 10.2 Å².